The number of oxime groups is 1. The van der Waals surface area contributed by atoms with Crippen LogP contribution < -0.4 is 0 Å². The average molecular weight is 436 g/mol. The van der Waals surface area contributed by atoms with Crippen LogP contribution in [0.2, 0.25) is 0 Å². The summed E-state index contributed by atoms with van der Waals surface area (Å²) >= 11 is 0. The quantitative estimate of drug-likeness (QED) is 0.385. The molecule has 1 saturated heterocycles. The van der Waals surface area contributed by atoms with E-state index in [-0.39, 0.29) is 17.6 Å². The molecule has 3 aliphatic rings. The molecule has 1 aromatic carbocycles. The second-order valence-corrected chi connectivity index (χ2v) is 9.41. The van der Waals surface area contributed by atoms with Crippen molar-refractivity contribution in [2.45, 2.75) is 65.0 Å². The second-order valence-electron chi connectivity index (χ2n) is 9.41. The summed E-state index contributed by atoms with van der Waals surface area (Å²) in [5.41, 5.74) is 4.89. The number of allylic oxidation sites excluding steroid dienone is 1. The van der Waals surface area contributed by atoms with E-state index in [9.17, 15) is 10.0 Å². The van der Waals surface area contributed by atoms with Crippen LogP contribution in [0.25, 0.3) is 16.6 Å². The van der Waals surface area contributed by atoms with E-state index in [1.165, 1.54) is 16.6 Å². The van der Waals surface area contributed by atoms with Crippen molar-refractivity contribution < 1.29 is 14.7 Å². The number of ketones is 1. The molecule has 5 rings (SSSR count). The number of carbonyl (C=O) groups is 1. The van der Waals surface area contributed by atoms with E-state index >= 15 is 0 Å². The molecule has 4 heterocycles. The third-order valence-electron chi connectivity index (χ3n) is 7.89. The number of rotatable bonds is 7. The van der Waals surface area contributed by atoms with Crippen LogP contribution in [0.3, 0.4) is 0 Å². The summed E-state index contributed by atoms with van der Waals surface area (Å²) in [7, 11) is 0. The van der Waals surface area contributed by atoms with Gasteiger partial charge < -0.3 is 14.5 Å². The first-order valence-electron chi connectivity index (χ1n) is 12.0. The number of piperidine rings is 1. The minimum Gasteiger partial charge on any atom is -0.411 e. The normalized spacial score (nSPS) is 26.0. The van der Waals surface area contributed by atoms with Crippen LogP contribution in [-0.4, -0.2) is 52.0 Å². The highest BCUT2D eigenvalue weighted by Crippen LogP contribution is 2.57. The van der Waals surface area contributed by atoms with Crippen molar-refractivity contribution >= 4 is 28.1 Å². The van der Waals surface area contributed by atoms with Crippen LogP contribution in [0.15, 0.2) is 35.5 Å². The lowest BCUT2D eigenvalue weighted by Crippen LogP contribution is -2.51. The van der Waals surface area contributed by atoms with Crippen LogP contribution >= 0.6 is 0 Å². The van der Waals surface area contributed by atoms with E-state index in [0.717, 1.165) is 50.0 Å². The minimum atomic E-state index is -0.397. The van der Waals surface area contributed by atoms with Gasteiger partial charge in [0.25, 0.3) is 0 Å². The highest BCUT2D eigenvalue weighted by molar-refractivity contribution is 6.24. The predicted octanol–water partition coefficient (Wildman–Crippen LogP) is 4.80. The highest BCUT2D eigenvalue weighted by Gasteiger charge is 2.50. The highest BCUT2D eigenvalue weighted by atomic mass is 16.5. The van der Waals surface area contributed by atoms with Crippen molar-refractivity contribution in [3.8, 4) is 0 Å². The standard InChI is InChI=1S/C26H33N3O3/c1-4-26-12-8-13-28-14-11-19-18-9-6-7-10-21(18)29(24(19)25(26)28)22(16-26)23(30)15-20(27-31)17(3)32-5-2/h6-7,9-10,16-17,25,31H,4-5,8,11-15H2,1-3H3/b27-20+/t17?,25-,26+/m1/s1. The van der Waals surface area contributed by atoms with E-state index in [1.54, 1.807) is 0 Å². The first kappa shape index (κ1) is 21.4. The number of fused-ring (bicyclic) bond motifs is 3. The molecule has 6 heteroatoms. The van der Waals surface area contributed by atoms with Crippen molar-refractivity contribution in [1.82, 2.24) is 9.47 Å². The minimum absolute atomic E-state index is 0.0121. The molecule has 1 N–H and O–H groups in total. The fourth-order valence-corrected chi connectivity index (χ4v) is 6.35. The predicted molar refractivity (Wildman–Crippen MR) is 126 cm³/mol. The van der Waals surface area contributed by atoms with Crippen molar-refractivity contribution in [3.63, 3.8) is 0 Å². The number of hydrogen-bond donors (Lipinski definition) is 1. The van der Waals surface area contributed by atoms with E-state index in [1.807, 2.05) is 13.8 Å². The third-order valence-corrected chi connectivity index (χ3v) is 7.89. The van der Waals surface area contributed by atoms with Crippen molar-refractivity contribution in [1.29, 1.82) is 0 Å². The van der Waals surface area contributed by atoms with Gasteiger partial charge in [0.05, 0.1) is 35.5 Å². The first-order valence-corrected chi connectivity index (χ1v) is 12.0. The Morgan fingerprint density at radius 3 is 2.88 bits per heavy atom. The number of Topliss-reactive ketones (excluding diaryl/α,β-unsaturated/α-hetero) is 1. The molecule has 0 amide bonds. The Balaban J connectivity index is 1.67. The molecule has 1 fully saturated rings. The Morgan fingerprint density at radius 1 is 1.31 bits per heavy atom. The summed E-state index contributed by atoms with van der Waals surface area (Å²) in [6.07, 6.45) is 6.20. The van der Waals surface area contributed by atoms with Gasteiger partial charge in [-0.05, 0) is 63.8 Å². The van der Waals surface area contributed by atoms with E-state index in [0.29, 0.717) is 18.4 Å². The van der Waals surface area contributed by atoms with Gasteiger partial charge in [-0.15, -0.1) is 0 Å². The smallest absolute Gasteiger partial charge is 0.185 e. The average Bonchev–Trinajstić information content (AvgIpc) is 3.16. The zero-order valence-corrected chi connectivity index (χ0v) is 19.3. The SMILES string of the molecule is CCOC(C)/C(CC(=O)C1=C[C@]2(CC)CCCN3CCc4c(n1c1ccccc41)[C@@H]32)=N/O. The maximum atomic E-state index is 13.8. The molecule has 2 aromatic rings. The van der Waals surface area contributed by atoms with Crippen LogP contribution in [0, 0.1) is 5.41 Å². The van der Waals surface area contributed by atoms with Gasteiger partial charge in [-0.1, -0.05) is 30.3 Å². The summed E-state index contributed by atoms with van der Waals surface area (Å²) in [6.45, 7) is 8.69. The van der Waals surface area contributed by atoms with Gasteiger partial charge in [-0.3, -0.25) is 9.69 Å². The Morgan fingerprint density at radius 2 is 2.12 bits per heavy atom. The van der Waals surface area contributed by atoms with E-state index in [4.69, 9.17) is 4.74 Å². The Bertz CT molecular complexity index is 1110. The van der Waals surface area contributed by atoms with Gasteiger partial charge in [0.2, 0.25) is 0 Å². The van der Waals surface area contributed by atoms with Gasteiger partial charge in [-0.25, -0.2) is 0 Å². The molecular weight excluding hydrogens is 402 g/mol. The summed E-state index contributed by atoms with van der Waals surface area (Å²) in [6, 6.07) is 8.79. The first-order chi connectivity index (χ1) is 15.5. The fourth-order valence-electron chi connectivity index (χ4n) is 6.35. The van der Waals surface area contributed by atoms with Crippen LogP contribution in [-0.2, 0) is 16.0 Å². The molecule has 0 saturated carbocycles. The molecule has 3 atom stereocenters. The second kappa shape index (κ2) is 8.16. The monoisotopic (exact) mass is 435 g/mol. The molecule has 32 heavy (non-hydrogen) atoms. The number of para-hydroxylation sites is 1. The third kappa shape index (κ3) is 3.07. The fraction of sp³-hybridized carbons (Fsp3) is 0.538. The molecule has 0 spiro atoms. The van der Waals surface area contributed by atoms with Crippen molar-refractivity contribution in [3.05, 3.63) is 41.6 Å². The zero-order chi connectivity index (χ0) is 22.5. The number of nitrogens with zero attached hydrogens (tertiary/aromatic N) is 3. The molecule has 0 aliphatic carbocycles. The Kier molecular flexibility index (Phi) is 5.46. The Labute approximate surface area is 189 Å². The van der Waals surface area contributed by atoms with Crippen LogP contribution in [0.1, 0.15) is 63.8 Å². The molecule has 1 aromatic heterocycles. The number of carbonyl (C=O) groups excluding carboxylic acids is 1. The summed E-state index contributed by atoms with van der Waals surface area (Å²) in [5, 5.41) is 14.3. The lowest BCUT2D eigenvalue weighted by atomic mass is 9.66. The maximum absolute atomic E-state index is 13.8. The molecule has 170 valence electrons. The zero-order valence-electron chi connectivity index (χ0n) is 19.3. The molecule has 1 unspecified atom stereocenters. The number of benzene rings is 1. The van der Waals surface area contributed by atoms with Crippen LogP contribution in [0.5, 0.6) is 0 Å². The Hall–Kier alpha value is -2.44. The van der Waals surface area contributed by atoms with Crippen molar-refractivity contribution in [2.24, 2.45) is 10.6 Å². The van der Waals surface area contributed by atoms with Gasteiger partial charge in [0, 0.05) is 29.6 Å². The van der Waals surface area contributed by atoms with Gasteiger partial charge in [-0.2, -0.15) is 0 Å². The number of ether oxygens (including phenoxy) is 1. The van der Waals surface area contributed by atoms with E-state index < -0.39 is 6.10 Å². The summed E-state index contributed by atoms with van der Waals surface area (Å²) < 4.78 is 7.83. The van der Waals surface area contributed by atoms with Gasteiger partial charge in [0.15, 0.2) is 5.78 Å². The summed E-state index contributed by atoms with van der Waals surface area (Å²) in [4.78, 5) is 16.4. The van der Waals surface area contributed by atoms with Crippen molar-refractivity contribution in [2.75, 3.05) is 19.7 Å². The number of hydrogen-bond acceptors (Lipinski definition) is 5. The van der Waals surface area contributed by atoms with Crippen LogP contribution in [0.4, 0.5) is 0 Å². The molecule has 3 aliphatic heterocycles. The largest absolute Gasteiger partial charge is 0.411 e. The summed E-state index contributed by atoms with van der Waals surface area (Å²) in [5.74, 6) is -0.0121. The van der Waals surface area contributed by atoms with E-state index in [2.05, 4.69) is 51.9 Å². The lowest BCUT2D eigenvalue weighted by Gasteiger charge is -2.53. The molecular formula is C26H33N3O3. The molecule has 6 nitrogen and oxygen atoms in total. The maximum Gasteiger partial charge on any atom is 0.185 e. The van der Waals surface area contributed by atoms with Gasteiger partial charge in [0.1, 0.15) is 0 Å². The van der Waals surface area contributed by atoms with Gasteiger partial charge >= 0.3 is 0 Å². The topological polar surface area (TPSA) is 67.1 Å². The number of aromatic nitrogens is 1. The lowest BCUT2D eigenvalue weighted by molar-refractivity contribution is -0.113. The molecule has 0 radical (unpaired) electrons. The molecule has 0 bridgehead atoms.